The number of amides is 4. The average Bonchev–Trinajstić information content (AvgIpc) is 3.45. The van der Waals surface area contributed by atoms with Gasteiger partial charge in [-0.3, -0.25) is 29.0 Å². The molecule has 2 saturated heterocycles. The van der Waals surface area contributed by atoms with Crippen molar-refractivity contribution in [3.8, 4) is 11.5 Å². The summed E-state index contributed by atoms with van der Waals surface area (Å²) in [4.78, 5) is 56.2. The Morgan fingerprint density at radius 1 is 0.920 bits per heavy atom. The van der Waals surface area contributed by atoms with Gasteiger partial charge in [0.15, 0.2) is 9.75 Å². The van der Waals surface area contributed by atoms with Gasteiger partial charge in [-0.25, -0.2) is 0 Å². The van der Waals surface area contributed by atoms with Crippen LogP contribution in [0.25, 0.3) is 0 Å². The van der Waals surface area contributed by atoms with Crippen molar-refractivity contribution in [2.45, 2.75) is 28.5 Å². The number of hydrogen-bond donors (Lipinski definition) is 1. The van der Waals surface area contributed by atoms with Crippen LogP contribution in [0.15, 0.2) is 88.6 Å². The third kappa shape index (κ3) is 4.97. The fourth-order valence-electron chi connectivity index (χ4n) is 7.85. The number of methoxy groups -OCH3 is 1. The highest BCUT2D eigenvalue weighted by Crippen LogP contribution is 2.66. The second-order valence-electron chi connectivity index (χ2n) is 13.1. The number of rotatable bonds is 7. The Labute approximate surface area is 306 Å². The number of carbonyl (C=O) groups is 4. The van der Waals surface area contributed by atoms with E-state index < -0.39 is 51.1 Å². The topological polar surface area (TPSA) is 132 Å². The summed E-state index contributed by atoms with van der Waals surface area (Å²) in [5.41, 5.74) is 3.29. The Kier molecular flexibility index (Phi) is 8.55. The Morgan fingerprint density at radius 2 is 1.56 bits per heavy atom. The number of fused-ring (bicyclic) bond motifs is 4. The molecule has 0 unspecified atom stereocenters. The number of hydrogen-bond acceptors (Lipinski definition) is 9. The summed E-state index contributed by atoms with van der Waals surface area (Å²) in [6.07, 6.45) is 1.85. The molecule has 7 rings (SSSR count). The normalized spacial score (nSPS) is 28.9. The average molecular weight is 781 g/mol. The summed E-state index contributed by atoms with van der Waals surface area (Å²) in [6.45, 7) is 0. The first-order valence-electron chi connectivity index (χ1n) is 15.9. The summed E-state index contributed by atoms with van der Waals surface area (Å²) in [5.74, 6) is -5.52. The monoisotopic (exact) mass is 779 g/mol. The van der Waals surface area contributed by atoms with E-state index in [1.807, 2.05) is 49.3 Å². The van der Waals surface area contributed by atoms with Crippen LogP contribution in [-0.4, -0.2) is 70.0 Å². The van der Waals surface area contributed by atoms with Gasteiger partial charge in [0.1, 0.15) is 11.5 Å². The van der Waals surface area contributed by atoms with Gasteiger partial charge >= 0.3 is 0 Å². The lowest BCUT2D eigenvalue weighted by molar-refractivity contribution is -0.138. The molecule has 3 aromatic carbocycles. The molecular formula is C36H32BrCl2N5O6. The number of nitrogens with zero attached hydrogens (tertiary/aromatic N) is 5. The number of likely N-dealkylation sites (tertiary alicyclic amines) is 1. The summed E-state index contributed by atoms with van der Waals surface area (Å²) in [6, 6.07) is 18.8. The number of halogens is 3. The highest BCUT2D eigenvalue weighted by molar-refractivity contribution is 9.09. The zero-order chi connectivity index (χ0) is 35.7. The maximum atomic E-state index is 14.3. The van der Waals surface area contributed by atoms with Gasteiger partial charge in [-0.15, -0.1) is 23.2 Å². The van der Waals surface area contributed by atoms with Gasteiger partial charge in [0, 0.05) is 37.3 Å². The van der Waals surface area contributed by atoms with Crippen molar-refractivity contribution in [2.75, 3.05) is 36.5 Å². The number of anilines is 2. The zero-order valence-corrected chi connectivity index (χ0v) is 30.3. The Hall–Kier alpha value is -4.26. The Bertz CT molecular complexity index is 1990. The van der Waals surface area contributed by atoms with Crippen molar-refractivity contribution in [1.82, 2.24) is 4.90 Å². The lowest BCUT2D eigenvalue weighted by atomic mass is 9.56. The molecule has 1 N–H and O–H groups in total. The molecule has 1 saturated carbocycles. The highest BCUT2D eigenvalue weighted by Gasteiger charge is 2.76. The van der Waals surface area contributed by atoms with Gasteiger partial charge in [-0.1, -0.05) is 33.6 Å². The zero-order valence-electron chi connectivity index (χ0n) is 27.2. The molecule has 0 spiro atoms. The molecule has 2 aliphatic heterocycles. The summed E-state index contributed by atoms with van der Waals surface area (Å²) >= 11 is 17.7. The van der Waals surface area contributed by atoms with E-state index in [4.69, 9.17) is 27.9 Å². The second-order valence-corrected chi connectivity index (χ2v) is 14.8. The van der Waals surface area contributed by atoms with E-state index in [9.17, 15) is 24.3 Å². The van der Waals surface area contributed by atoms with E-state index in [1.54, 1.807) is 36.4 Å². The molecule has 4 amide bonds. The summed E-state index contributed by atoms with van der Waals surface area (Å²) in [5, 5.41) is 19.8. The lowest BCUT2D eigenvalue weighted by Crippen LogP contribution is -2.60. The quantitative estimate of drug-likeness (QED) is 0.0918. The Balaban J connectivity index is 1.22. The van der Waals surface area contributed by atoms with Gasteiger partial charge in [0.25, 0.3) is 11.8 Å². The second kappa shape index (κ2) is 12.5. The van der Waals surface area contributed by atoms with Gasteiger partial charge in [-0.05, 0) is 73.4 Å². The van der Waals surface area contributed by atoms with Crippen molar-refractivity contribution in [2.24, 2.45) is 28.0 Å². The Morgan fingerprint density at radius 3 is 2.14 bits per heavy atom. The van der Waals surface area contributed by atoms with Crippen molar-refractivity contribution >= 4 is 85.5 Å². The minimum Gasteiger partial charge on any atom is -0.508 e. The summed E-state index contributed by atoms with van der Waals surface area (Å²) in [7, 11) is 5.36. The van der Waals surface area contributed by atoms with E-state index in [0.29, 0.717) is 28.4 Å². The molecule has 3 fully saturated rings. The molecule has 3 aromatic rings. The highest BCUT2D eigenvalue weighted by atomic mass is 79.9. The lowest BCUT2D eigenvalue weighted by Gasteiger charge is -2.50. The largest absolute Gasteiger partial charge is 0.508 e. The first kappa shape index (κ1) is 34.2. The number of ether oxygens (including phenoxy) is 1. The van der Waals surface area contributed by atoms with Crippen LogP contribution in [0.5, 0.6) is 11.5 Å². The SMILES string of the molecule is COc1ccc([C@H]2C3=CC[C@@H]4C(=O)N(c5ccc(N=Nc6ccc(N(C)C)cc6)cc5)C(=O)[C@@H]4[C@@H]3C[C@@]3(Cl)C(=O)N(CBr)C(=O)[C@@]23Cl)c(O)c1. The first-order chi connectivity index (χ1) is 23.8. The molecule has 0 bridgehead atoms. The number of phenols is 1. The number of alkyl halides is 3. The van der Waals surface area contributed by atoms with Crippen LogP contribution in [0.1, 0.15) is 24.3 Å². The molecule has 11 nitrogen and oxygen atoms in total. The predicted octanol–water partition coefficient (Wildman–Crippen LogP) is 6.80. The van der Waals surface area contributed by atoms with Gasteiger partial charge < -0.3 is 14.7 Å². The van der Waals surface area contributed by atoms with Crippen molar-refractivity contribution in [3.05, 3.63) is 83.9 Å². The van der Waals surface area contributed by atoms with Gasteiger partial charge in [0.2, 0.25) is 11.8 Å². The number of carbonyl (C=O) groups excluding carboxylic acids is 4. The molecular weight excluding hydrogens is 749 g/mol. The molecule has 2 heterocycles. The molecule has 0 aromatic heterocycles. The number of phenolic OH excluding ortho intramolecular Hbond substituents is 1. The molecule has 258 valence electrons. The fraction of sp³-hybridized carbons (Fsp3) is 0.333. The minimum absolute atomic E-state index is 0.145. The van der Waals surface area contributed by atoms with E-state index in [2.05, 4.69) is 26.2 Å². The number of aromatic hydroxyl groups is 1. The predicted molar refractivity (Wildman–Crippen MR) is 192 cm³/mol. The van der Waals surface area contributed by atoms with Crippen LogP contribution >= 0.6 is 39.1 Å². The van der Waals surface area contributed by atoms with Crippen LogP contribution in [-0.2, 0) is 19.2 Å². The van der Waals surface area contributed by atoms with Crippen LogP contribution in [0, 0.1) is 17.8 Å². The molecule has 50 heavy (non-hydrogen) atoms. The van der Waals surface area contributed by atoms with Crippen molar-refractivity contribution < 1.29 is 29.0 Å². The number of allylic oxidation sites excluding steroid dienone is 2. The van der Waals surface area contributed by atoms with E-state index >= 15 is 0 Å². The third-order valence-corrected chi connectivity index (χ3v) is 12.2. The van der Waals surface area contributed by atoms with E-state index in [0.717, 1.165) is 10.6 Å². The van der Waals surface area contributed by atoms with Crippen LogP contribution in [0.4, 0.5) is 22.7 Å². The van der Waals surface area contributed by atoms with Crippen molar-refractivity contribution in [1.29, 1.82) is 0 Å². The third-order valence-electron chi connectivity index (χ3n) is 10.3. The molecule has 14 heteroatoms. The van der Waals surface area contributed by atoms with Crippen LogP contribution in [0.2, 0.25) is 0 Å². The number of azo groups is 1. The minimum atomic E-state index is -2.02. The maximum absolute atomic E-state index is 14.3. The summed E-state index contributed by atoms with van der Waals surface area (Å²) < 4.78 is 5.27. The van der Waals surface area contributed by atoms with Crippen molar-refractivity contribution in [3.63, 3.8) is 0 Å². The first-order valence-corrected chi connectivity index (χ1v) is 17.8. The van der Waals surface area contributed by atoms with Gasteiger partial charge in [-0.2, -0.15) is 10.2 Å². The number of benzene rings is 3. The van der Waals surface area contributed by atoms with Crippen LogP contribution in [0.3, 0.4) is 0 Å². The van der Waals surface area contributed by atoms with E-state index in [1.165, 1.54) is 18.1 Å². The fourth-order valence-corrected chi connectivity index (χ4v) is 9.27. The standard InChI is InChI=1S/C36H32BrCl2N5O6/c1-42(2)21-8-4-19(5-9-21)40-41-20-6-10-22(11-7-20)44-31(46)26-15-14-24-27(29(26)32(44)47)17-35(38)33(48)43(18-37)34(49)36(35,39)30(24)25-13-12-23(50-3)16-28(25)45/h4-14,16,26-27,29-30,45H,15,17-18H2,1-3H3/t26-,27+,29-,30+,35+,36-/m0/s1. The molecule has 4 aliphatic rings. The molecule has 6 atom stereocenters. The smallest absolute Gasteiger partial charge is 0.254 e. The number of imide groups is 2. The molecule has 0 radical (unpaired) electrons. The maximum Gasteiger partial charge on any atom is 0.254 e. The van der Waals surface area contributed by atoms with E-state index in [-0.39, 0.29) is 35.5 Å². The van der Waals surface area contributed by atoms with Crippen LogP contribution < -0.4 is 14.5 Å². The van der Waals surface area contributed by atoms with Gasteiger partial charge in [0.05, 0.1) is 41.5 Å². The molecule has 2 aliphatic carbocycles.